The quantitative estimate of drug-likeness (QED) is 0.475. The summed E-state index contributed by atoms with van der Waals surface area (Å²) >= 11 is 12.2. The number of rotatable bonds is 0. The lowest BCUT2D eigenvalue weighted by atomic mass is 10.0. The van der Waals surface area contributed by atoms with Gasteiger partial charge in [-0.15, -0.1) is 0 Å². The van der Waals surface area contributed by atoms with Gasteiger partial charge in [-0.25, -0.2) is 0 Å². The smallest absolute Gasteiger partial charge is 0.296 e. The second-order valence-corrected chi connectivity index (χ2v) is 5.69. The van der Waals surface area contributed by atoms with Crippen LogP contribution in [0.3, 0.4) is 0 Å². The third-order valence-electron chi connectivity index (χ3n) is 3.69. The molecule has 0 saturated carbocycles. The molecule has 0 atom stereocenters. The molecular formula is C14H4Cl2N2O4. The molecule has 0 aliphatic heterocycles. The first-order chi connectivity index (χ1) is 10.4. The number of halogens is 2. The van der Waals surface area contributed by atoms with Gasteiger partial charge < -0.3 is 9.97 Å². The number of aromatic amines is 2. The van der Waals surface area contributed by atoms with Crippen molar-refractivity contribution in [2.45, 2.75) is 0 Å². The van der Waals surface area contributed by atoms with E-state index in [4.69, 9.17) is 23.2 Å². The van der Waals surface area contributed by atoms with Gasteiger partial charge in [-0.3, -0.25) is 19.2 Å². The Morgan fingerprint density at radius 2 is 1.05 bits per heavy atom. The number of H-pyrrole nitrogens is 2. The number of nitrogens with one attached hydrogen (secondary N) is 2. The Labute approximate surface area is 129 Å². The summed E-state index contributed by atoms with van der Waals surface area (Å²) in [6, 6.07) is 2.86. The SMILES string of the molecule is O=c1[nH]c2c(c(Cl)cc3c2cc(Cl)c2c(=O)c(=O)[nH]c23)c1=O. The number of hydrogen-bond donors (Lipinski definition) is 2. The van der Waals surface area contributed by atoms with Gasteiger partial charge in [-0.1, -0.05) is 23.2 Å². The van der Waals surface area contributed by atoms with Crippen LogP contribution in [0.4, 0.5) is 0 Å². The molecular weight excluding hydrogens is 331 g/mol. The maximum absolute atomic E-state index is 11.8. The zero-order valence-electron chi connectivity index (χ0n) is 10.5. The molecule has 22 heavy (non-hydrogen) atoms. The predicted molar refractivity (Wildman–Crippen MR) is 85.1 cm³/mol. The highest BCUT2D eigenvalue weighted by atomic mass is 35.5. The lowest BCUT2D eigenvalue weighted by Gasteiger charge is -2.04. The average molecular weight is 335 g/mol. The third kappa shape index (κ3) is 1.45. The monoisotopic (exact) mass is 334 g/mol. The second-order valence-electron chi connectivity index (χ2n) is 4.88. The first-order valence-corrected chi connectivity index (χ1v) is 6.86. The van der Waals surface area contributed by atoms with E-state index in [1.54, 1.807) is 0 Å². The van der Waals surface area contributed by atoms with E-state index in [9.17, 15) is 19.2 Å². The number of benzene rings is 2. The number of hydrogen-bond acceptors (Lipinski definition) is 4. The van der Waals surface area contributed by atoms with Gasteiger partial charge in [-0.2, -0.15) is 0 Å². The van der Waals surface area contributed by atoms with Crippen molar-refractivity contribution >= 4 is 55.8 Å². The molecule has 4 rings (SSSR count). The van der Waals surface area contributed by atoms with Crippen LogP contribution in [0, 0.1) is 0 Å². The summed E-state index contributed by atoms with van der Waals surface area (Å²) in [5.41, 5.74) is -2.59. The zero-order chi connectivity index (χ0) is 15.8. The first-order valence-electron chi connectivity index (χ1n) is 6.10. The summed E-state index contributed by atoms with van der Waals surface area (Å²) in [7, 11) is 0. The van der Waals surface area contributed by atoms with Crippen LogP contribution in [0.1, 0.15) is 0 Å². The number of aromatic nitrogens is 2. The fourth-order valence-corrected chi connectivity index (χ4v) is 3.33. The highest BCUT2D eigenvalue weighted by Gasteiger charge is 2.19. The first kappa shape index (κ1) is 13.2. The van der Waals surface area contributed by atoms with Gasteiger partial charge in [0.1, 0.15) is 0 Å². The summed E-state index contributed by atoms with van der Waals surface area (Å²) in [6.07, 6.45) is 0. The summed E-state index contributed by atoms with van der Waals surface area (Å²) in [5, 5.41) is 1.10. The van der Waals surface area contributed by atoms with Gasteiger partial charge in [0.25, 0.3) is 22.0 Å². The molecule has 0 spiro atoms. The Hall–Kier alpha value is -2.44. The zero-order valence-corrected chi connectivity index (χ0v) is 12.1. The minimum Gasteiger partial charge on any atom is -0.318 e. The lowest BCUT2D eigenvalue weighted by Crippen LogP contribution is -2.18. The van der Waals surface area contributed by atoms with Crippen LogP contribution < -0.4 is 22.0 Å². The minimum absolute atomic E-state index is 0.0592. The number of fused-ring (bicyclic) bond motifs is 5. The Morgan fingerprint density at radius 1 is 0.682 bits per heavy atom. The van der Waals surface area contributed by atoms with Crippen molar-refractivity contribution in [2.75, 3.05) is 0 Å². The molecule has 8 heteroatoms. The summed E-state index contributed by atoms with van der Waals surface area (Å²) in [6.45, 7) is 0. The van der Waals surface area contributed by atoms with Crippen molar-refractivity contribution in [3.63, 3.8) is 0 Å². The van der Waals surface area contributed by atoms with Gasteiger partial charge in [0.05, 0.1) is 31.9 Å². The predicted octanol–water partition coefficient (Wildman–Crippen LogP) is 1.43. The summed E-state index contributed by atoms with van der Waals surface area (Å²) < 4.78 is 0. The van der Waals surface area contributed by atoms with Gasteiger partial charge in [0.2, 0.25) is 0 Å². The van der Waals surface area contributed by atoms with Crippen molar-refractivity contribution in [2.24, 2.45) is 0 Å². The highest BCUT2D eigenvalue weighted by molar-refractivity contribution is 6.40. The largest absolute Gasteiger partial charge is 0.318 e. The van der Waals surface area contributed by atoms with Crippen molar-refractivity contribution in [1.82, 2.24) is 9.97 Å². The van der Waals surface area contributed by atoms with Crippen LogP contribution in [0.15, 0.2) is 31.3 Å². The van der Waals surface area contributed by atoms with E-state index in [0.717, 1.165) is 0 Å². The molecule has 2 aromatic carbocycles. The van der Waals surface area contributed by atoms with Crippen molar-refractivity contribution < 1.29 is 0 Å². The van der Waals surface area contributed by atoms with Gasteiger partial charge in [0.15, 0.2) is 0 Å². The molecule has 0 amide bonds. The van der Waals surface area contributed by atoms with E-state index >= 15 is 0 Å². The summed E-state index contributed by atoms with van der Waals surface area (Å²) in [4.78, 5) is 51.7. The molecule has 2 aromatic heterocycles. The standard InChI is InChI=1S/C14H4Cl2N2O4/c15-5-1-3-4(10-7(5)11(19)13(21)18-10)2-6(16)8-9(3)17-14(22)12(8)20/h1-2H,(H,17,20,22)(H,18,19,21). The van der Waals surface area contributed by atoms with Crippen LogP contribution in [0.2, 0.25) is 10.0 Å². The van der Waals surface area contributed by atoms with E-state index in [0.29, 0.717) is 10.8 Å². The normalized spacial score (nSPS) is 11.9. The Kier molecular flexibility index (Phi) is 2.44. The second kappa shape index (κ2) is 4.06. The third-order valence-corrected chi connectivity index (χ3v) is 4.29. The molecule has 0 radical (unpaired) electrons. The fourth-order valence-electron chi connectivity index (χ4n) is 2.75. The van der Waals surface area contributed by atoms with E-state index in [1.165, 1.54) is 12.1 Å². The van der Waals surface area contributed by atoms with E-state index in [-0.39, 0.29) is 31.9 Å². The maximum Gasteiger partial charge on any atom is 0.296 e. The van der Waals surface area contributed by atoms with Crippen molar-refractivity contribution in [3.05, 3.63) is 63.3 Å². The molecule has 108 valence electrons. The topological polar surface area (TPSA) is 99.9 Å². The van der Waals surface area contributed by atoms with Crippen LogP contribution in [0.25, 0.3) is 32.6 Å². The van der Waals surface area contributed by atoms with E-state index in [2.05, 4.69) is 9.97 Å². The van der Waals surface area contributed by atoms with E-state index < -0.39 is 22.0 Å². The van der Waals surface area contributed by atoms with Crippen LogP contribution in [-0.2, 0) is 0 Å². The van der Waals surface area contributed by atoms with Crippen molar-refractivity contribution in [1.29, 1.82) is 0 Å². The summed E-state index contributed by atoms with van der Waals surface area (Å²) in [5.74, 6) is 0. The van der Waals surface area contributed by atoms with Crippen LogP contribution in [0.5, 0.6) is 0 Å². The molecule has 4 aromatic rings. The molecule has 0 aliphatic carbocycles. The van der Waals surface area contributed by atoms with E-state index in [1.807, 2.05) is 0 Å². The average Bonchev–Trinajstić information content (AvgIpc) is 2.92. The van der Waals surface area contributed by atoms with Gasteiger partial charge >= 0.3 is 0 Å². The highest BCUT2D eigenvalue weighted by Crippen LogP contribution is 2.34. The van der Waals surface area contributed by atoms with Gasteiger partial charge in [0, 0.05) is 10.8 Å². The minimum atomic E-state index is -0.791. The Morgan fingerprint density at radius 3 is 1.41 bits per heavy atom. The van der Waals surface area contributed by atoms with Gasteiger partial charge in [-0.05, 0) is 12.1 Å². The molecule has 0 fully saturated rings. The molecule has 0 unspecified atom stereocenters. The Balaban J connectivity index is 2.47. The van der Waals surface area contributed by atoms with Crippen LogP contribution in [-0.4, -0.2) is 9.97 Å². The fraction of sp³-hybridized carbons (Fsp3) is 0. The maximum atomic E-state index is 11.8. The molecule has 2 heterocycles. The molecule has 6 nitrogen and oxygen atoms in total. The van der Waals surface area contributed by atoms with Crippen LogP contribution >= 0.6 is 23.2 Å². The molecule has 0 saturated heterocycles. The molecule has 2 N–H and O–H groups in total. The molecule has 0 bridgehead atoms. The van der Waals surface area contributed by atoms with Crippen molar-refractivity contribution in [3.8, 4) is 0 Å². The lowest BCUT2D eigenvalue weighted by molar-refractivity contribution is 1.33. The Bertz CT molecular complexity index is 1220. The molecule has 0 aliphatic rings.